The zero-order valence-electron chi connectivity index (χ0n) is 19.1. The molecule has 0 saturated heterocycles. The number of benzene rings is 2. The van der Waals surface area contributed by atoms with E-state index in [1.165, 1.54) is 24.3 Å². The van der Waals surface area contributed by atoms with E-state index in [2.05, 4.69) is 13.2 Å². The highest BCUT2D eigenvalue weighted by atomic mass is 16.5. The molecule has 0 aliphatic heterocycles. The first-order valence-corrected chi connectivity index (χ1v) is 10.7. The largest absolute Gasteiger partial charge is 0.493 e. The number of esters is 3. The average molecular weight is 482 g/mol. The van der Waals surface area contributed by atoms with Gasteiger partial charge in [-0.1, -0.05) is 13.2 Å². The van der Waals surface area contributed by atoms with E-state index in [1.54, 1.807) is 18.2 Å². The van der Waals surface area contributed by atoms with Gasteiger partial charge in [0.25, 0.3) is 0 Å². The van der Waals surface area contributed by atoms with Gasteiger partial charge in [-0.2, -0.15) is 0 Å². The van der Waals surface area contributed by atoms with Gasteiger partial charge in [-0.3, -0.25) is 4.79 Å². The summed E-state index contributed by atoms with van der Waals surface area (Å²) in [6.07, 6.45) is 3.68. The maximum Gasteiger partial charge on any atom is 0.343 e. The lowest BCUT2D eigenvalue weighted by molar-refractivity contribution is -0.138. The predicted molar refractivity (Wildman–Crippen MR) is 126 cm³/mol. The van der Waals surface area contributed by atoms with Crippen LogP contribution in [0.25, 0.3) is 0 Å². The van der Waals surface area contributed by atoms with E-state index in [9.17, 15) is 19.2 Å². The van der Waals surface area contributed by atoms with Crippen molar-refractivity contribution >= 4 is 24.2 Å². The maximum absolute atomic E-state index is 12.5. The summed E-state index contributed by atoms with van der Waals surface area (Å²) in [5.74, 6) is -0.615. The van der Waals surface area contributed by atoms with Gasteiger partial charge in [0.05, 0.1) is 37.6 Å². The van der Waals surface area contributed by atoms with Gasteiger partial charge in [0.15, 0.2) is 6.29 Å². The average Bonchev–Trinajstić information content (AvgIpc) is 2.88. The lowest BCUT2D eigenvalue weighted by Crippen LogP contribution is -2.10. The standard InChI is InChI=1S/C26H26O9/c1-3-24(28)33-15-5-13-31-21-9-7-19(8-10-21)26(30)35-23-12-11-22(17-20(23)18-27)32-14-6-16-34-25(29)4-2/h3-4,7-12,17-18H,1-2,5-6,13-16H2. The van der Waals surface area contributed by atoms with Gasteiger partial charge in [0.2, 0.25) is 0 Å². The molecule has 0 radical (unpaired) electrons. The number of carbonyl (C=O) groups excluding carboxylic acids is 4. The second-order valence-corrected chi connectivity index (χ2v) is 6.88. The van der Waals surface area contributed by atoms with Gasteiger partial charge in [-0.15, -0.1) is 0 Å². The third kappa shape index (κ3) is 9.55. The summed E-state index contributed by atoms with van der Waals surface area (Å²) in [5.41, 5.74) is 0.412. The molecule has 2 rings (SSSR count). The van der Waals surface area contributed by atoms with Crippen LogP contribution in [0.5, 0.6) is 17.2 Å². The summed E-state index contributed by atoms with van der Waals surface area (Å²) >= 11 is 0. The van der Waals surface area contributed by atoms with Crippen LogP contribution in [-0.4, -0.2) is 50.6 Å². The highest BCUT2D eigenvalue weighted by Gasteiger charge is 2.13. The van der Waals surface area contributed by atoms with Gasteiger partial charge in [-0.25, -0.2) is 14.4 Å². The first-order valence-electron chi connectivity index (χ1n) is 10.7. The molecule has 2 aromatic carbocycles. The summed E-state index contributed by atoms with van der Waals surface area (Å²) < 4.78 is 26.1. The van der Waals surface area contributed by atoms with Crippen molar-refractivity contribution in [1.82, 2.24) is 0 Å². The molecule has 0 unspecified atom stereocenters. The molecule has 0 atom stereocenters. The molecule has 0 amide bonds. The van der Waals surface area contributed by atoms with Gasteiger partial charge >= 0.3 is 17.9 Å². The van der Waals surface area contributed by atoms with Crippen LogP contribution in [0.15, 0.2) is 67.8 Å². The number of rotatable bonds is 15. The van der Waals surface area contributed by atoms with E-state index in [1.807, 2.05) is 0 Å². The smallest absolute Gasteiger partial charge is 0.343 e. The normalized spacial score (nSPS) is 9.94. The SMILES string of the molecule is C=CC(=O)OCCCOc1ccc(C(=O)Oc2ccc(OCCCOC(=O)C=C)cc2C=O)cc1. The van der Waals surface area contributed by atoms with Crippen LogP contribution in [-0.2, 0) is 19.1 Å². The molecule has 0 spiro atoms. The molecule has 2 aromatic rings. The van der Waals surface area contributed by atoms with E-state index >= 15 is 0 Å². The third-order valence-electron chi connectivity index (χ3n) is 4.34. The topological polar surface area (TPSA) is 114 Å². The quantitative estimate of drug-likeness (QED) is 0.123. The summed E-state index contributed by atoms with van der Waals surface area (Å²) in [4.78, 5) is 45.9. The van der Waals surface area contributed by atoms with Crippen LogP contribution in [0.2, 0.25) is 0 Å². The van der Waals surface area contributed by atoms with Crippen molar-refractivity contribution in [3.63, 3.8) is 0 Å². The molecule has 0 heterocycles. The minimum absolute atomic E-state index is 0.0895. The Morgan fingerprint density at radius 3 is 1.83 bits per heavy atom. The second-order valence-electron chi connectivity index (χ2n) is 6.88. The Hall–Kier alpha value is -4.40. The zero-order chi connectivity index (χ0) is 25.5. The van der Waals surface area contributed by atoms with Crippen LogP contribution in [0.1, 0.15) is 33.6 Å². The fourth-order valence-corrected chi connectivity index (χ4v) is 2.61. The summed E-state index contributed by atoms with van der Waals surface area (Å²) in [5, 5.41) is 0. The lowest BCUT2D eigenvalue weighted by Gasteiger charge is -2.11. The van der Waals surface area contributed by atoms with Crippen molar-refractivity contribution < 1.29 is 42.9 Å². The van der Waals surface area contributed by atoms with Crippen molar-refractivity contribution in [2.75, 3.05) is 26.4 Å². The molecular formula is C26H26O9. The first-order chi connectivity index (χ1) is 17.0. The van der Waals surface area contributed by atoms with Crippen LogP contribution >= 0.6 is 0 Å². The molecule has 184 valence electrons. The fourth-order valence-electron chi connectivity index (χ4n) is 2.61. The van der Waals surface area contributed by atoms with Crippen molar-refractivity contribution in [2.24, 2.45) is 0 Å². The monoisotopic (exact) mass is 482 g/mol. The van der Waals surface area contributed by atoms with Gasteiger partial charge < -0.3 is 23.7 Å². The van der Waals surface area contributed by atoms with Gasteiger partial charge in [0, 0.05) is 25.0 Å². The second kappa shape index (κ2) is 14.7. The lowest BCUT2D eigenvalue weighted by atomic mass is 10.2. The molecule has 0 aromatic heterocycles. The Kier molecular flexibility index (Phi) is 11.3. The number of aldehydes is 1. The summed E-state index contributed by atoms with van der Waals surface area (Å²) in [6.45, 7) is 7.59. The zero-order valence-corrected chi connectivity index (χ0v) is 19.1. The van der Waals surface area contributed by atoms with E-state index in [-0.39, 0.29) is 36.7 Å². The van der Waals surface area contributed by atoms with Crippen molar-refractivity contribution in [1.29, 1.82) is 0 Å². The predicted octanol–water partition coefficient (Wildman–Crippen LogP) is 3.71. The number of carbonyl (C=O) groups is 4. The van der Waals surface area contributed by atoms with Gasteiger partial charge in [-0.05, 0) is 42.5 Å². The number of hydrogen-bond acceptors (Lipinski definition) is 9. The molecule has 0 aliphatic rings. The Morgan fingerprint density at radius 2 is 1.29 bits per heavy atom. The highest BCUT2D eigenvalue weighted by Crippen LogP contribution is 2.24. The van der Waals surface area contributed by atoms with Crippen LogP contribution in [0, 0.1) is 0 Å². The van der Waals surface area contributed by atoms with Crippen molar-refractivity contribution in [2.45, 2.75) is 12.8 Å². The summed E-state index contributed by atoms with van der Waals surface area (Å²) in [7, 11) is 0. The minimum atomic E-state index is -0.645. The summed E-state index contributed by atoms with van der Waals surface area (Å²) in [6, 6.07) is 10.8. The Morgan fingerprint density at radius 1 is 0.743 bits per heavy atom. The van der Waals surface area contributed by atoms with Crippen LogP contribution in [0.4, 0.5) is 0 Å². The molecule has 9 heteroatoms. The van der Waals surface area contributed by atoms with Crippen LogP contribution in [0.3, 0.4) is 0 Å². The molecule has 35 heavy (non-hydrogen) atoms. The number of hydrogen-bond donors (Lipinski definition) is 0. The number of ether oxygens (including phenoxy) is 5. The van der Waals surface area contributed by atoms with Crippen LogP contribution < -0.4 is 14.2 Å². The third-order valence-corrected chi connectivity index (χ3v) is 4.34. The molecule has 0 N–H and O–H groups in total. The molecular weight excluding hydrogens is 456 g/mol. The fraction of sp³-hybridized carbons (Fsp3) is 0.231. The van der Waals surface area contributed by atoms with E-state index in [0.717, 1.165) is 12.2 Å². The molecule has 0 fully saturated rings. The van der Waals surface area contributed by atoms with E-state index in [4.69, 9.17) is 23.7 Å². The highest BCUT2D eigenvalue weighted by molar-refractivity contribution is 5.92. The molecule has 0 saturated carbocycles. The molecule has 0 bridgehead atoms. The van der Waals surface area contributed by atoms with Crippen molar-refractivity contribution in [3.8, 4) is 17.2 Å². The van der Waals surface area contributed by atoms with Crippen molar-refractivity contribution in [3.05, 3.63) is 78.9 Å². The Bertz CT molecular complexity index is 1040. The van der Waals surface area contributed by atoms with Gasteiger partial charge in [0.1, 0.15) is 17.2 Å². The minimum Gasteiger partial charge on any atom is -0.493 e. The van der Waals surface area contributed by atoms with E-state index in [0.29, 0.717) is 37.2 Å². The van der Waals surface area contributed by atoms with E-state index < -0.39 is 17.9 Å². The molecule has 0 aliphatic carbocycles. The Labute approximate surface area is 202 Å². The molecule has 9 nitrogen and oxygen atoms in total. The first kappa shape index (κ1) is 26.8. The maximum atomic E-state index is 12.5. The Balaban J connectivity index is 1.83.